The maximum atomic E-state index is 11.0. The Labute approximate surface area is 107 Å². The van der Waals surface area contributed by atoms with E-state index in [1.54, 1.807) is 0 Å². The van der Waals surface area contributed by atoms with E-state index in [1.165, 1.54) is 0 Å². The molecule has 0 radical (unpaired) electrons. The molecule has 0 saturated carbocycles. The van der Waals surface area contributed by atoms with Gasteiger partial charge in [0.05, 0.1) is 19.8 Å². The summed E-state index contributed by atoms with van der Waals surface area (Å²) >= 11 is 6.17. The van der Waals surface area contributed by atoms with E-state index in [9.17, 15) is 4.79 Å². The Balaban J connectivity index is 1.98. The Morgan fingerprint density at radius 1 is 1.40 bits per heavy atom. The second-order valence-corrected chi connectivity index (χ2v) is 6.34. The third kappa shape index (κ3) is 5.85. The van der Waals surface area contributed by atoms with Gasteiger partial charge in [0.2, 0.25) is 0 Å². The highest BCUT2D eigenvalue weighted by Gasteiger charge is 2.12. The summed E-state index contributed by atoms with van der Waals surface area (Å²) in [5.74, 6) is -0.267. The number of carbonyl (C=O) groups excluding carboxylic acids is 1. The summed E-state index contributed by atoms with van der Waals surface area (Å²) in [5, 5.41) is 0. The van der Waals surface area contributed by atoms with Crippen molar-refractivity contribution < 1.29 is 14.3 Å². The van der Waals surface area contributed by atoms with Crippen molar-refractivity contribution in [3.63, 3.8) is 0 Å². The van der Waals surface area contributed by atoms with Gasteiger partial charge in [-0.2, -0.15) is 0 Å². The highest BCUT2D eigenvalue weighted by Crippen LogP contribution is 2.09. The Bertz CT molecular complexity index is 196. The van der Waals surface area contributed by atoms with Gasteiger partial charge in [-0.25, -0.2) is 4.79 Å². The number of nitrogens with zero attached hydrogens (tertiary/aromatic N) is 1. The van der Waals surface area contributed by atoms with Gasteiger partial charge in [-0.05, 0) is 6.42 Å². The molecule has 1 aliphatic rings. The van der Waals surface area contributed by atoms with Crippen molar-refractivity contribution in [2.45, 2.75) is 10.2 Å². The summed E-state index contributed by atoms with van der Waals surface area (Å²) in [5.41, 5.74) is 0. The summed E-state index contributed by atoms with van der Waals surface area (Å²) in [6, 6.07) is 0. The zero-order chi connectivity index (χ0) is 11.1. The lowest BCUT2D eigenvalue weighted by Gasteiger charge is -2.26. The molecule has 0 aromatic heterocycles. The molecular weight excluding hydrogens is 330 g/mol. The number of hydrogen-bond acceptors (Lipinski definition) is 4. The number of hydrogen-bond donors (Lipinski definition) is 0. The van der Waals surface area contributed by atoms with Crippen molar-refractivity contribution in [1.29, 1.82) is 0 Å². The summed E-state index contributed by atoms with van der Waals surface area (Å²) < 4.78 is 9.85. The molecule has 0 atom stereocenters. The van der Waals surface area contributed by atoms with Gasteiger partial charge in [-0.1, -0.05) is 31.9 Å². The number of halogens is 2. The fraction of sp³-hybridized carbons (Fsp3) is 0.889. The van der Waals surface area contributed by atoms with Crippen LogP contribution in [0.25, 0.3) is 0 Å². The molecule has 1 heterocycles. The SMILES string of the molecule is O=C(OCCCN1CCOCC1)C(Br)Br. The zero-order valence-electron chi connectivity index (χ0n) is 8.45. The minimum atomic E-state index is -0.395. The number of esters is 1. The third-order valence-electron chi connectivity index (χ3n) is 2.14. The maximum Gasteiger partial charge on any atom is 0.330 e. The van der Waals surface area contributed by atoms with Gasteiger partial charge in [0.25, 0.3) is 0 Å². The van der Waals surface area contributed by atoms with Gasteiger partial charge in [-0.3, -0.25) is 4.90 Å². The first kappa shape index (κ1) is 13.4. The third-order valence-corrected chi connectivity index (χ3v) is 2.89. The van der Waals surface area contributed by atoms with Crippen LogP contribution in [0.5, 0.6) is 0 Å². The molecule has 4 nitrogen and oxygen atoms in total. The molecule has 0 amide bonds. The standard InChI is InChI=1S/C9H15Br2NO3/c10-8(11)9(13)15-5-1-2-12-3-6-14-7-4-12/h8H,1-7H2. The predicted octanol–water partition coefficient (Wildman–Crippen LogP) is 1.37. The van der Waals surface area contributed by atoms with E-state index in [0.717, 1.165) is 39.3 Å². The average Bonchev–Trinajstić information content (AvgIpc) is 2.25. The van der Waals surface area contributed by atoms with Crippen LogP contribution in [0.4, 0.5) is 0 Å². The molecule has 15 heavy (non-hydrogen) atoms. The molecule has 0 bridgehead atoms. The summed E-state index contributed by atoms with van der Waals surface area (Å²) in [6.45, 7) is 5.02. The molecular formula is C9H15Br2NO3. The summed E-state index contributed by atoms with van der Waals surface area (Å²) in [7, 11) is 0. The van der Waals surface area contributed by atoms with Gasteiger partial charge in [0.15, 0.2) is 3.74 Å². The van der Waals surface area contributed by atoms with Gasteiger partial charge in [-0.15, -0.1) is 0 Å². The van der Waals surface area contributed by atoms with Crippen molar-refractivity contribution in [2.75, 3.05) is 39.5 Å². The average molecular weight is 345 g/mol. The highest BCUT2D eigenvalue weighted by molar-refractivity contribution is 9.25. The van der Waals surface area contributed by atoms with Gasteiger partial charge >= 0.3 is 5.97 Å². The first-order valence-corrected chi connectivity index (χ1v) is 6.78. The van der Waals surface area contributed by atoms with E-state index in [2.05, 4.69) is 36.8 Å². The maximum absolute atomic E-state index is 11.0. The highest BCUT2D eigenvalue weighted by atomic mass is 79.9. The van der Waals surface area contributed by atoms with Crippen LogP contribution in [-0.4, -0.2) is 54.1 Å². The topological polar surface area (TPSA) is 38.8 Å². The molecule has 0 N–H and O–H groups in total. The fourth-order valence-corrected chi connectivity index (χ4v) is 1.61. The number of ether oxygens (including phenoxy) is 2. The zero-order valence-corrected chi connectivity index (χ0v) is 11.6. The van der Waals surface area contributed by atoms with Gasteiger partial charge < -0.3 is 9.47 Å². The lowest BCUT2D eigenvalue weighted by molar-refractivity contribution is -0.141. The molecule has 1 rings (SSSR count). The Hall–Kier alpha value is 0.350. The van der Waals surface area contributed by atoms with E-state index < -0.39 is 3.74 Å². The largest absolute Gasteiger partial charge is 0.464 e. The monoisotopic (exact) mass is 343 g/mol. The number of alkyl halides is 2. The van der Waals surface area contributed by atoms with Crippen molar-refractivity contribution in [3.8, 4) is 0 Å². The Kier molecular flexibility index (Phi) is 6.79. The molecule has 1 fully saturated rings. The smallest absolute Gasteiger partial charge is 0.330 e. The van der Waals surface area contributed by atoms with E-state index in [1.807, 2.05) is 0 Å². The van der Waals surface area contributed by atoms with Gasteiger partial charge in [0, 0.05) is 19.6 Å². The van der Waals surface area contributed by atoms with Crippen LogP contribution >= 0.6 is 31.9 Å². The Morgan fingerprint density at radius 2 is 2.07 bits per heavy atom. The molecule has 0 aromatic carbocycles. The molecule has 0 spiro atoms. The first-order chi connectivity index (χ1) is 7.20. The first-order valence-electron chi connectivity index (χ1n) is 4.95. The molecule has 6 heteroatoms. The van der Waals surface area contributed by atoms with Gasteiger partial charge in [0.1, 0.15) is 0 Å². The van der Waals surface area contributed by atoms with Crippen LogP contribution in [0.15, 0.2) is 0 Å². The van der Waals surface area contributed by atoms with Crippen LogP contribution in [0.2, 0.25) is 0 Å². The molecule has 0 aromatic rings. The normalized spacial score (nSPS) is 18.1. The lowest BCUT2D eigenvalue weighted by atomic mass is 10.3. The lowest BCUT2D eigenvalue weighted by Crippen LogP contribution is -2.37. The number of rotatable bonds is 5. The van der Waals surface area contributed by atoms with Crippen LogP contribution in [0, 0.1) is 0 Å². The van der Waals surface area contributed by atoms with Crippen LogP contribution in [0.1, 0.15) is 6.42 Å². The van der Waals surface area contributed by atoms with Crippen LogP contribution in [-0.2, 0) is 14.3 Å². The summed E-state index contributed by atoms with van der Waals surface area (Å²) in [4.78, 5) is 13.4. The van der Waals surface area contributed by atoms with Crippen molar-refractivity contribution in [1.82, 2.24) is 4.90 Å². The van der Waals surface area contributed by atoms with E-state index in [-0.39, 0.29) is 5.97 Å². The molecule has 1 aliphatic heterocycles. The van der Waals surface area contributed by atoms with Crippen LogP contribution < -0.4 is 0 Å². The molecule has 1 saturated heterocycles. The second kappa shape index (κ2) is 7.60. The van der Waals surface area contributed by atoms with Crippen LogP contribution in [0.3, 0.4) is 0 Å². The van der Waals surface area contributed by atoms with E-state index in [0.29, 0.717) is 6.61 Å². The van der Waals surface area contributed by atoms with Crippen molar-refractivity contribution >= 4 is 37.8 Å². The summed E-state index contributed by atoms with van der Waals surface area (Å²) in [6.07, 6.45) is 0.873. The molecule has 0 aliphatic carbocycles. The quantitative estimate of drug-likeness (QED) is 0.429. The van der Waals surface area contributed by atoms with E-state index >= 15 is 0 Å². The fourth-order valence-electron chi connectivity index (χ4n) is 1.35. The Morgan fingerprint density at radius 3 is 2.67 bits per heavy atom. The molecule has 88 valence electrons. The van der Waals surface area contributed by atoms with Crippen molar-refractivity contribution in [2.24, 2.45) is 0 Å². The number of carbonyl (C=O) groups is 1. The van der Waals surface area contributed by atoms with E-state index in [4.69, 9.17) is 9.47 Å². The minimum Gasteiger partial charge on any atom is -0.464 e. The second-order valence-electron chi connectivity index (χ2n) is 3.28. The molecule has 0 unspecified atom stereocenters. The van der Waals surface area contributed by atoms with Crippen molar-refractivity contribution in [3.05, 3.63) is 0 Å². The minimum absolute atomic E-state index is 0.267. The number of morpholine rings is 1. The predicted molar refractivity (Wildman–Crippen MR) is 64.5 cm³/mol.